The third-order valence-electron chi connectivity index (χ3n) is 2.29. The van der Waals surface area contributed by atoms with Crippen molar-refractivity contribution in [3.05, 3.63) is 0 Å². The average molecular weight is 804 g/mol. The van der Waals surface area contributed by atoms with Crippen LogP contribution in [0, 0.1) is 0 Å². The van der Waals surface area contributed by atoms with Gasteiger partial charge in [-0.25, -0.2) is 0 Å². The summed E-state index contributed by atoms with van der Waals surface area (Å²) in [5, 5.41) is 16.4. The number of nitrogens with zero attached hydrogens (tertiary/aromatic N) is 2. The summed E-state index contributed by atoms with van der Waals surface area (Å²) in [5.41, 5.74) is 0. The summed E-state index contributed by atoms with van der Waals surface area (Å²) in [5.74, 6) is 0.347. The van der Waals surface area contributed by atoms with Crippen LogP contribution < -0.4 is 0 Å². The second kappa shape index (κ2) is 48.1. The Labute approximate surface area is 236 Å². The van der Waals surface area contributed by atoms with Gasteiger partial charge in [0, 0.05) is 5.88 Å². The van der Waals surface area contributed by atoms with Crippen molar-refractivity contribution < 1.29 is 14.7 Å². The van der Waals surface area contributed by atoms with Crippen molar-refractivity contribution in [1.29, 1.82) is 0 Å². The molecule has 0 bridgehead atoms. The Morgan fingerprint density at radius 3 is 1.34 bits per heavy atom. The molecule has 0 aliphatic carbocycles. The van der Waals surface area contributed by atoms with Crippen LogP contribution in [0.15, 0.2) is 0 Å². The molecule has 9 heteroatoms. The first-order valence-electron chi connectivity index (χ1n) is 10.0. The van der Waals surface area contributed by atoms with E-state index in [1.54, 1.807) is 0 Å². The number of halogens is 5. The lowest BCUT2D eigenvalue weighted by atomic mass is 10.4. The van der Waals surface area contributed by atoms with Crippen molar-refractivity contribution in [2.75, 3.05) is 71.3 Å². The first-order valence-corrected chi connectivity index (χ1v) is 14.6. The summed E-state index contributed by atoms with van der Waals surface area (Å²) in [4.78, 5) is 2.18. The summed E-state index contributed by atoms with van der Waals surface area (Å²) in [6.45, 7) is 16.2. The van der Waals surface area contributed by atoms with Crippen LogP contribution in [-0.2, 0) is 0 Å². The predicted octanol–water partition coefficient (Wildman–Crippen LogP) is 6.73. The molecule has 188 valence electrons. The molecule has 0 aromatic rings. The van der Waals surface area contributed by atoms with Crippen LogP contribution in [0.4, 0.5) is 0 Å². The van der Waals surface area contributed by atoms with Gasteiger partial charge < -0.3 is 19.6 Å². The molecule has 2 N–H and O–H groups in total. The number of hydrogen-bond donors (Lipinski definition) is 2. The van der Waals surface area contributed by atoms with E-state index in [0.717, 1.165) is 19.5 Å². The van der Waals surface area contributed by atoms with Crippen molar-refractivity contribution >= 4 is 91.8 Å². The third kappa shape index (κ3) is 117. The lowest BCUT2D eigenvalue weighted by molar-refractivity contribution is -0.890. The smallest absolute Gasteiger partial charge is 0.102 e. The van der Waals surface area contributed by atoms with E-state index in [-0.39, 0.29) is 19.0 Å². The number of likely N-dealkylation sites (N-methyl/N-ethyl adjacent to an activating group) is 1. The van der Waals surface area contributed by atoms with Gasteiger partial charge >= 0.3 is 0 Å². The molecule has 0 aliphatic rings. The number of rotatable bonds is 7. The summed E-state index contributed by atoms with van der Waals surface area (Å²) >= 11 is 11.9. The number of aliphatic hydroxyl groups excluding tert-OH is 2. The fourth-order valence-corrected chi connectivity index (χ4v) is 1.44. The van der Waals surface area contributed by atoms with Crippen LogP contribution in [0.2, 0.25) is 0 Å². The largest absolute Gasteiger partial charge is 0.395 e. The molecule has 0 aromatic heterocycles. The van der Waals surface area contributed by atoms with Crippen molar-refractivity contribution in [3.8, 4) is 0 Å². The van der Waals surface area contributed by atoms with Gasteiger partial charge in [0.15, 0.2) is 0 Å². The highest BCUT2D eigenvalue weighted by atomic mass is 127. The second-order valence-electron chi connectivity index (χ2n) is 6.11. The molecule has 0 heterocycles. The van der Waals surface area contributed by atoms with E-state index in [4.69, 9.17) is 21.8 Å². The second-order valence-corrected chi connectivity index (χ2v) is 14.1. The molecule has 0 unspecified atom stereocenters. The molecule has 4 nitrogen and oxygen atoms in total. The molecular formula is C20H52Cl2I3N2O2+. The van der Waals surface area contributed by atoms with Crippen molar-refractivity contribution in [3.63, 3.8) is 0 Å². The van der Waals surface area contributed by atoms with E-state index < -0.39 is 0 Å². The highest BCUT2D eigenvalue weighted by Crippen LogP contribution is 2.05. The normalized spacial score (nSPS) is 8.90. The minimum absolute atomic E-state index is 0. The molecule has 0 saturated carbocycles. The van der Waals surface area contributed by atoms with Crippen LogP contribution >= 0.6 is 91.8 Å². The zero-order valence-electron chi connectivity index (χ0n) is 20.7. The fraction of sp³-hybridized carbons (Fsp3) is 1.00. The van der Waals surface area contributed by atoms with Gasteiger partial charge in [-0.05, 0) is 44.8 Å². The van der Waals surface area contributed by atoms with Gasteiger partial charge in [0.05, 0.1) is 35.8 Å². The molecule has 29 heavy (non-hydrogen) atoms. The maximum Gasteiger partial charge on any atom is 0.102 e. The van der Waals surface area contributed by atoms with Gasteiger partial charge in [-0.15, -0.1) is 24.0 Å². The first-order chi connectivity index (χ1) is 13.0. The summed E-state index contributed by atoms with van der Waals surface area (Å²) < 4.78 is 2.93. The quantitative estimate of drug-likeness (QED) is 0.171. The molecule has 0 radical (unpaired) electrons. The van der Waals surface area contributed by atoms with Gasteiger partial charge in [-0.2, -0.15) is 0 Å². The highest BCUT2D eigenvalue weighted by molar-refractivity contribution is 14.2. The van der Waals surface area contributed by atoms with Crippen LogP contribution in [0.25, 0.3) is 0 Å². The number of quaternary nitrogens is 1. The Hall–Kier alpha value is 2.61. The maximum atomic E-state index is 8.61. The van der Waals surface area contributed by atoms with Gasteiger partial charge in [0.1, 0.15) is 6.54 Å². The van der Waals surface area contributed by atoms with Gasteiger partial charge in [-0.3, -0.25) is 0 Å². The summed E-state index contributed by atoms with van der Waals surface area (Å²) in [6.07, 6.45) is 2.44. The Kier molecular flexibility index (Phi) is 81.2. The van der Waals surface area contributed by atoms with Crippen LogP contribution in [-0.4, -0.2) is 92.9 Å². The molecule has 0 saturated heterocycles. The molecule has 0 spiro atoms. The van der Waals surface area contributed by atoms with Crippen molar-refractivity contribution in [1.82, 2.24) is 4.90 Å². The van der Waals surface area contributed by atoms with Gasteiger partial charge in [0.25, 0.3) is 0 Å². The predicted molar refractivity (Wildman–Crippen MR) is 167 cm³/mol. The van der Waals surface area contributed by atoms with E-state index in [9.17, 15) is 0 Å². The Morgan fingerprint density at radius 2 is 1.24 bits per heavy atom. The van der Waals surface area contributed by atoms with Gasteiger partial charge in [0.2, 0.25) is 0 Å². The van der Waals surface area contributed by atoms with Crippen molar-refractivity contribution in [2.45, 2.75) is 56.3 Å². The average Bonchev–Trinajstić information content (AvgIpc) is 2.57. The number of hydrogen-bond acceptors (Lipinski definition) is 3. The van der Waals surface area contributed by atoms with Crippen LogP contribution in [0.3, 0.4) is 0 Å². The SMILES string of the molecule is CC.CC(I)I.CCCN(C)C.CCC[N+](C)(C)CCO.CCI.Cl.OCCCl. The molecule has 0 atom stereocenters. The highest BCUT2D eigenvalue weighted by Gasteiger charge is 2.10. The number of alkyl halides is 4. The molecule has 0 amide bonds. The van der Waals surface area contributed by atoms with Crippen LogP contribution in [0.1, 0.15) is 54.4 Å². The third-order valence-corrected chi connectivity index (χ3v) is 2.46. The zero-order valence-corrected chi connectivity index (χ0v) is 28.7. The minimum atomic E-state index is 0. The van der Waals surface area contributed by atoms with E-state index in [0.29, 0.717) is 12.5 Å². The standard InChI is InChI=1S/C7H18NO.C5H13N.C2H5ClO.C2H4I2.C2H5I.C2H6.ClH/c1-4-5-8(2,3)6-7-9;1-4-5-6(2)3;3-1-2-4;1-2(3)4;1-2-3;1-2;/h9H,4-7H2,1-3H3;4-5H2,1-3H3;4H,1-2H2;2H,1H3;2H2,1H3;1-2H3;1H/q+1;;;;;;. The van der Waals surface area contributed by atoms with Crippen molar-refractivity contribution in [2.24, 2.45) is 0 Å². The molecule has 0 rings (SSSR count). The lowest BCUT2D eigenvalue weighted by Crippen LogP contribution is -2.42. The van der Waals surface area contributed by atoms with E-state index >= 15 is 0 Å². The molecule has 0 fully saturated rings. The topological polar surface area (TPSA) is 43.7 Å². The zero-order chi connectivity index (χ0) is 24.0. The maximum absolute atomic E-state index is 8.61. The Morgan fingerprint density at radius 1 is 0.931 bits per heavy atom. The van der Waals surface area contributed by atoms with E-state index in [1.807, 2.05) is 13.8 Å². The van der Waals surface area contributed by atoms with Gasteiger partial charge in [-0.1, -0.05) is 102 Å². The minimum Gasteiger partial charge on any atom is -0.395 e. The lowest BCUT2D eigenvalue weighted by Gasteiger charge is -2.28. The monoisotopic (exact) mass is 803 g/mol. The molecular weight excluding hydrogens is 752 g/mol. The fourth-order valence-electron chi connectivity index (χ4n) is 1.44. The summed E-state index contributed by atoms with van der Waals surface area (Å²) in [7, 11) is 8.45. The number of aliphatic hydroxyl groups is 2. The molecule has 0 aliphatic heterocycles. The Balaban J connectivity index is -0.0000000427. The first kappa shape index (κ1) is 48.9. The summed E-state index contributed by atoms with van der Waals surface area (Å²) in [6, 6.07) is 0. The Bertz CT molecular complexity index is 207. The van der Waals surface area contributed by atoms with E-state index in [2.05, 4.69) is 129 Å². The van der Waals surface area contributed by atoms with E-state index in [1.165, 1.54) is 23.8 Å². The molecule has 0 aromatic carbocycles. The van der Waals surface area contributed by atoms with Crippen LogP contribution in [0.5, 0.6) is 0 Å².